The summed E-state index contributed by atoms with van der Waals surface area (Å²) in [6.45, 7) is 7.60. The van der Waals surface area contributed by atoms with E-state index >= 15 is 0 Å². The van der Waals surface area contributed by atoms with Crippen LogP contribution in [-0.2, 0) is 32.6 Å². The Kier molecular flexibility index (Phi) is 9.58. The van der Waals surface area contributed by atoms with Gasteiger partial charge in [0.1, 0.15) is 11.3 Å². The lowest BCUT2D eigenvalue weighted by Gasteiger charge is -2.26. The first-order chi connectivity index (χ1) is 17.3. The highest BCUT2D eigenvalue weighted by atomic mass is 35.5. The maximum atomic E-state index is 13.6. The molecule has 0 radical (unpaired) electrons. The van der Waals surface area contributed by atoms with Crippen LogP contribution in [0.2, 0.25) is 5.02 Å². The quantitative estimate of drug-likeness (QED) is 0.262. The Bertz CT molecular complexity index is 1380. The zero-order chi connectivity index (χ0) is 26.1. The zero-order valence-corrected chi connectivity index (χ0v) is 21.9. The van der Waals surface area contributed by atoms with Gasteiger partial charge in [-0.05, 0) is 80.4 Å². The van der Waals surface area contributed by atoms with Crippen molar-refractivity contribution in [1.82, 2.24) is 5.32 Å². The van der Waals surface area contributed by atoms with Gasteiger partial charge in [-0.1, -0.05) is 11.6 Å². The molecule has 2 heterocycles. The third-order valence-corrected chi connectivity index (χ3v) is 7.47. The van der Waals surface area contributed by atoms with Crippen molar-refractivity contribution >= 4 is 44.8 Å². The number of ether oxygens (including phenoxy) is 1. The van der Waals surface area contributed by atoms with E-state index in [1.165, 1.54) is 4.31 Å². The number of hydrogen-bond acceptors (Lipinski definition) is 7. The monoisotopic (exact) mass is 532 g/mol. The Hall–Kier alpha value is -3.27. The van der Waals surface area contributed by atoms with Gasteiger partial charge in [-0.25, -0.2) is 8.42 Å². The number of aryl methyl sites for hydroxylation is 1. The summed E-state index contributed by atoms with van der Waals surface area (Å²) in [6, 6.07) is 13.9. The Morgan fingerprint density at radius 3 is 2.53 bits per heavy atom. The van der Waals surface area contributed by atoms with Crippen LogP contribution in [0.4, 0.5) is 5.69 Å². The Balaban J connectivity index is 0.000000658. The molecule has 4 rings (SSSR count). The van der Waals surface area contributed by atoms with Crippen molar-refractivity contribution in [1.29, 1.82) is 0 Å². The first-order valence-corrected chi connectivity index (χ1v) is 13.2. The van der Waals surface area contributed by atoms with E-state index in [0.29, 0.717) is 42.5 Å². The number of benzene rings is 2. The second-order valence-corrected chi connectivity index (χ2v) is 10.1. The minimum atomic E-state index is -3.79. The van der Waals surface area contributed by atoms with E-state index in [2.05, 4.69) is 10.1 Å². The number of carbonyl (C=O) groups is 1. The van der Waals surface area contributed by atoms with Gasteiger partial charge in [0.25, 0.3) is 16.5 Å². The number of fused-ring (bicyclic) bond motifs is 1. The molecule has 0 bridgehead atoms. The highest BCUT2D eigenvalue weighted by molar-refractivity contribution is 7.92. The van der Waals surface area contributed by atoms with Gasteiger partial charge in [0.05, 0.1) is 36.3 Å². The summed E-state index contributed by atoms with van der Waals surface area (Å²) < 4.78 is 43.5. The average Bonchev–Trinajstić information content (AvgIpc) is 3.51. The maximum absolute atomic E-state index is 13.6. The fourth-order valence-corrected chi connectivity index (χ4v) is 5.37. The maximum Gasteiger partial charge on any atom is 0.293 e. The number of halogens is 1. The summed E-state index contributed by atoms with van der Waals surface area (Å²) >= 11 is 6.22. The average molecular weight is 533 g/mol. The van der Waals surface area contributed by atoms with Crippen LogP contribution in [0, 0.1) is 6.92 Å². The molecule has 192 valence electrons. The minimum absolute atomic E-state index is 0.218. The van der Waals surface area contributed by atoms with Crippen molar-refractivity contribution in [2.75, 3.05) is 17.5 Å². The molecule has 4 aromatic rings. The second-order valence-electron chi connectivity index (χ2n) is 7.75. The van der Waals surface area contributed by atoms with E-state index in [4.69, 9.17) is 20.4 Å². The molecule has 2 aromatic heterocycles. The number of rotatable bonds is 10. The normalized spacial score (nSPS) is 11.1. The Morgan fingerprint density at radius 1 is 1.08 bits per heavy atom. The van der Waals surface area contributed by atoms with Gasteiger partial charge in [0.15, 0.2) is 0 Å². The molecule has 0 fully saturated rings. The van der Waals surface area contributed by atoms with Crippen molar-refractivity contribution in [2.45, 2.75) is 38.8 Å². The molecule has 0 saturated heterocycles. The van der Waals surface area contributed by atoms with Gasteiger partial charge in [0.2, 0.25) is 0 Å². The van der Waals surface area contributed by atoms with E-state index in [1.54, 1.807) is 55.8 Å². The third kappa shape index (κ3) is 6.48. The summed E-state index contributed by atoms with van der Waals surface area (Å²) in [5.74, 6) is 0.798. The Morgan fingerprint density at radius 2 is 1.89 bits per heavy atom. The first-order valence-electron chi connectivity index (χ1n) is 11.4. The molecule has 1 N–H and O–H groups in total. The lowest BCUT2D eigenvalue weighted by molar-refractivity contribution is -0.128. The van der Waals surface area contributed by atoms with Gasteiger partial charge in [0, 0.05) is 23.5 Å². The third-order valence-electron chi connectivity index (χ3n) is 5.35. The van der Waals surface area contributed by atoms with Crippen molar-refractivity contribution in [3.05, 3.63) is 83.0 Å². The zero-order valence-electron chi connectivity index (χ0n) is 20.4. The van der Waals surface area contributed by atoms with Gasteiger partial charge in [-0.3, -0.25) is 9.10 Å². The van der Waals surface area contributed by atoms with E-state index < -0.39 is 10.0 Å². The molecule has 0 aliphatic heterocycles. The summed E-state index contributed by atoms with van der Waals surface area (Å²) in [5, 5.41) is 4.61. The number of anilines is 1. The number of hydrogen-bond donors (Lipinski definition) is 1. The summed E-state index contributed by atoms with van der Waals surface area (Å²) in [6.07, 6.45) is 3.24. The molecule has 0 aliphatic rings. The van der Waals surface area contributed by atoms with Crippen LogP contribution in [0.1, 0.15) is 30.7 Å². The van der Waals surface area contributed by atoms with Crippen molar-refractivity contribution in [3.63, 3.8) is 0 Å². The van der Waals surface area contributed by atoms with Gasteiger partial charge in [-0.2, -0.15) is 0 Å². The molecule has 0 amide bonds. The van der Waals surface area contributed by atoms with E-state index in [9.17, 15) is 13.2 Å². The van der Waals surface area contributed by atoms with Crippen LogP contribution in [0.3, 0.4) is 0 Å². The Labute approximate surface area is 215 Å². The topological polar surface area (TPSA) is 102 Å². The molecule has 10 heteroatoms. The number of furan rings is 2. The van der Waals surface area contributed by atoms with Gasteiger partial charge < -0.3 is 18.9 Å². The molecule has 0 atom stereocenters. The minimum Gasteiger partial charge on any atom is -0.468 e. The van der Waals surface area contributed by atoms with Crippen LogP contribution >= 0.6 is 11.6 Å². The lowest BCUT2D eigenvalue weighted by Crippen LogP contribution is -2.32. The number of nitrogens with one attached hydrogen (secondary N) is 1. The smallest absolute Gasteiger partial charge is 0.293 e. The van der Waals surface area contributed by atoms with E-state index in [0.717, 1.165) is 22.3 Å². The largest absolute Gasteiger partial charge is 0.468 e. The predicted octanol–water partition coefficient (Wildman–Crippen LogP) is 5.67. The molecular formula is C26H29ClN2O6S. The molecule has 0 saturated carbocycles. The van der Waals surface area contributed by atoms with Crippen molar-refractivity contribution in [2.24, 2.45) is 0 Å². The number of nitrogens with zero attached hydrogens (tertiary/aromatic N) is 1. The lowest BCUT2D eigenvalue weighted by atomic mass is 10.1. The fraction of sp³-hybridized carbons (Fsp3) is 0.269. The van der Waals surface area contributed by atoms with Gasteiger partial charge >= 0.3 is 0 Å². The van der Waals surface area contributed by atoms with Crippen molar-refractivity contribution < 1.29 is 26.8 Å². The van der Waals surface area contributed by atoms with Gasteiger partial charge in [-0.15, -0.1) is 0 Å². The predicted molar refractivity (Wildman–Crippen MR) is 140 cm³/mol. The standard InChI is InChI=1S/C23H23ClN2O4S.C3H6O2/c1-3-26(31(27,28)20-7-9-23-21(12-20)16(2)15-30-23)22-8-6-18(24)11-17(22)13-25-14-19-5-4-10-29-19;1-2-5-3-4/h4-12,15,25H,3,13-14H2,1-2H3;3H,2H2,1H3. The first kappa shape index (κ1) is 27.3. The summed E-state index contributed by atoms with van der Waals surface area (Å²) in [4.78, 5) is 9.40. The van der Waals surface area contributed by atoms with Crippen LogP contribution in [0.15, 0.2) is 74.8 Å². The van der Waals surface area contributed by atoms with Crippen LogP contribution in [0.25, 0.3) is 11.0 Å². The number of carbonyl (C=O) groups excluding carboxylic acids is 1. The van der Waals surface area contributed by atoms with Crippen molar-refractivity contribution in [3.8, 4) is 0 Å². The number of sulfonamides is 1. The van der Waals surface area contributed by atoms with E-state index in [-0.39, 0.29) is 11.4 Å². The van der Waals surface area contributed by atoms with Crippen LogP contribution < -0.4 is 9.62 Å². The second kappa shape index (κ2) is 12.6. The van der Waals surface area contributed by atoms with Crippen LogP contribution in [-0.4, -0.2) is 28.0 Å². The highest BCUT2D eigenvalue weighted by Crippen LogP contribution is 2.31. The molecule has 0 aliphatic carbocycles. The molecule has 36 heavy (non-hydrogen) atoms. The molecule has 0 spiro atoms. The molecule has 8 nitrogen and oxygen atoms in total. The SMILES string of the molecule is CCN(c1ccc(Cl)cc1CNCc1ccco1)S(=O)(=O)c1ccc2occ(C)c2c1.CCOC=O. The molecular weight excluding hydrogens is 504 g/mol. The van der Waals surface area contributed by atoms with E-state index in [1.807, 2.05) is 26.0 Å². The summed E-state index contributed by atoms with van der Waals surface area (Å²) in [5.41, 5.74) is 2.92. The molecule has 0 unspecified atom stereocenters. The fourth-order valence-electron chi connectivity index (χ4n) is 3.63. The molecule has 2 aromatic carbocycles. The highest BCUT2D eigenvalue weighted by Gasteiger charge is 2.26. The summed E-state index contributed by atoms with van der Waals surface area (Å²) in [7, 11) is -3.79. The van der Waals surface area contributed by atoms with Crippen LogP contribution in [0.5, 0.6) is 0 Å².